The summed E-state index contributed by atoms with van der Waals surface area (Å²) in [6.45, 7) is 17.0. The molecule has 0 saturated heterocycles. The Kier molecular flexibility index (Phi) is 30.1. The molecule has 0 fully saturated rings. The Morgan fingerprint density at radius 2 is 0.780 bits per heavy atom. The molecule has 0 saturated carbocycles. The Bertz CT molecular complexity index is 5010. The molecule has 0 amide bonds. The van der Waals surface area contributed by atoms with Crippen LogP contribution < -0.4 is 0 Å². The third kappa shape index (κ3) is 20.7. The smallest absolute Gasteiger partial charge is 0.124 e. The number of furan rings is 2. The van der Waals surface area contributed by atoms with Gasteiger partial charge in [0.2, 0.25) is 0 Å². The van der Waals surface area contributed by atoms with Gasteiger partial charge in [0.1, 0.15) is 11.2 Å². The van der Waals surface area contributed by atoms with Crippen molar-refractivity contribution in [3.63, 3.8) is 0 Å². The number of para-hydroxylation sites is 2. The zero-order valence-electron chi connectivity index (χ0n) is 56.5. The third-order valence-electron chi connectivity index (χ3n) is 15.5. The van der Waals surface area contributed by atoms with Crippen LogP contribution in [0.25, 0.3) is 111 Å². The summed E-state index contributed by atoms with van der Waals surface area (Å²) in [5.41, 5.74) is 21.3. The predicted molar refractivity (Wildman–Crippen MR) is 393 cm³/mol. The SMILES string of the molecule is CC(C)(C)c1ccnc(-c2[c-]cccc2)c1.CC(C)c1cccc2c1oc1c(-c3ccccn3)[c-]ccc12.Cc1ccc(-c2[c-]cccc2)nc1.Cc1cccc(-c2[c-]cccc2)n1.Cc1cccc(-c2[c-]cccc2)n1.[Ir].[Ir].[Ir].[Ir].[c-]1ccc2c(oc3ccccc32)c1-c1ccccn1. The number of aryl methyl sites for hydroxylation is 3. The van der Waals surface area contributed by atoms with Crippen LogP contribution in [0.3, 0.4) is 0 Å². The molecule has 0 bridgehead atoms. The van der Waals surface area contributed by atoms with E-state index in [0.717, 1.165) is 123 Å². The topological polar surface area (TPSA) is 104 Å². The summed E-state index contributed by atoms with van der Waals surface area (Å²) in [4.78, 5) is 26.3. The van der Waals surface area contributed by atoms with E-state index < -0.39 is 0 Å². The number of aromatic nitrogens is 6. The second kappa shape index (κ2) is 38.4. The van der Waals surface area contributed by atoms with Gasteiger partial charge in [0.05, 0.1) is 11.2 Å². The zero-order chi connectivity index (χ0) is 66.6. The first-order valence-corrected chi connectivity index (χ1v) is 32.0. The summed E-state index contributed by atoms with van der Waals surface area (Å²) < 4.78 is 12.2. The van der Waals surface area contributed by atoms with E-state index >= 15 is 0 Å². The summed E-state index contributed by atoms with van der Waals surface area (Å²) in [7, 11) is 0. The fraction of sp³-hybridized carbons (Fsp3) is 0.114. The Morgan fingerprint density at radius 3 is 1.25 bits per heavy atom. The molecule has 8 nitrogen and oxygen atoms in total. The maximum atomic E-state index is 6.26. The molecule has 0 aliphatic rings. The molecule has 0 unspecified atom stereocenters. The van der Waals surface area contributed by atoms with Crippen molar-refractivity contribution in [3.05, 3.63) is 350 Å². The fourth-order valence-electron chi connectivity index (χ4n) is 10.6. The second-order valence-corrected chi connectivity index (χ2v) is 24.0. The number of hydrogen-bond acceptors (Lipinski definition) is 8. The van der Waals surface area contributed by atoms with Crippen LogP contribution in [-0.4, -0.2) is 29.9 Å². The number of pyridine rings is 6. The summed E-state index contributed by atoms with van der Waals surface area (Å²) in [5.74, 6) is 0.423. The molecule has 8 heterocycles. The number of rotatable bonds is 7. The maximum Gasteiger partial charge on any atom is 0.124 e. The Balaban J connectivity index is 0.000000169. The van der Waals surface area contributed by atoms with Gasteiger partial charge in [-0.05, 0) is 119 Å². The quantitative estimate of drug-likeness (QED) is 0.145. The van der Waals surface area contributed by atoms with Gasteiger partial charge >= 0.3 is 0 Å². The van der Waals surface area contributed by atoms with Crippen molar-refractivity contribution in [2.24, 2.45) is 0 Å². The molecule has 12 heteroatoms. The van der Waals surface area contributed by atoms with Gasteiger partial charge in [-0.2, -0.15) is 0 Å². The molecule has 0 aliphatic heterocycles. The van der Waals surface area contributed by atoms with Crippen LogP contribution in [0.2, 0.25) is 0 Å². The van der Waals surface area contributed by atoms with E-state index in [0.29, 0.717) is 5.92 Å². The largest absolute Gasteiger partial charge is 0.501 e. The van der Waals surface area contributed by atoms with Crippen LogP contribution in [-0.2, 0) is 85.8 Å². The van der Waals surface area contributed by atoms with Gasteiger partial charge in [-0.1, -0.05) is 160 Å². The van der Waals surface area contributed by atoms with E-state index in [9.17, 15) is 0 Å². The molecule has 0 aliphatic carbocycles. The van der Waals surface area contributed by atoms with Gasteiger partial charge in [0.15, 0.2) is 0 Å². The molecule has 8 aromatic carbocycles. The van der Waals surface area contributed by atoms with Crippen LogP contribution in [0.4, 0.5) is 0 Å². The van der Waals surface area contributed by atoms with Crippen LogP contribution >= 0.6 is 0 Å². The molecule has 8 aromatic heterocycles. The summed E-state index contributed by atoms with van der Waals surface area (Å²) in [5, 5.41) is 4.52. The van der Waals surface area contributed by atoms with Crippen molar-refractivity contribution < 1.29 is 89.3 Å². The number of benzene rings is 8. The molecule has 508 valence electrons. The number of nitrogens with zero attached hydrogens (tertiary/aromatic N) is 6. The van der Waals surface area contributed by atoms with E-state index in [4.69, 9.17) is 8.83 Å². The maximum absolute atomic E-state index is 6.26. The summed E-state index contributed by atoms with van der Waals surface area (Å²) in [6, 6.07) is 105. The van der Waals surface area contributed by atoms with Crippen LogP contribution in [0.5, 0.6) is 0 Å². The van der Waals surface area contributed by atoms with Gasteiger partial charge in [0.25, 0.3) is 0 Å². The van der Waals surface area contributed by atoms with Crippen LogP contribution in [0.1, 0.15) is 68.6 Å². The van der Waals surface area contributed by atoms with Crippen molar-refractivity contribution >= 4 is 43.9 Å². The van der Waals surface area contributed by atoms with Gasteiger partial charge < -0.3 is 38.7 Å². The first-order chi connectivity index (χ1) is 46.8. The summed E-state index contributed by atoms with van der Waals surface area (Å²) >= 11 is 0. The van der Waals surface area contributed by atoms with Crippen molar-refractivity contribution in [1.82, 2.24) is 29.9 Å². The molecule has 0 atom stereocenters. The van der Waals surface area contributed by atoms with Gasteiger partial charge in [0, 0.05) is 127 Å². The van der Waals surface area contributed by atoms with Crippen LogP contribution in [0, 0.1) is 57.2 Å². The minimum atomic E-state index is 0. The molecule has 0 spiro atoms. The van der Waals surface area contributed by atoms with Gasteiger partial charge in [-0.15, -0.1) is 180 Å². The van der Waals surface area contributed by atoms with E-state index in [2.05, 4.69) is 149 Å². The molecule has 100 heavy (non-hydrogen) atoms. The van der Waals surface area contributed by atoms with E-state index in [-0.39, 0.29) is 85.8 Å². The fourth-order valence-corrected chi connectivity index (χ4v) is 10.6. The molecule has 16 rings (SSSR count). The van der Waals surface area contributed by atoms with Crippen molar-refractivity contribution in [3.8, 4) is 67.5 Å². The predicted octanol–water partition coefficient (Wildman–Crippen LogP) is 22.4. The van der Waals surface area contributed by atoms with Crippen LogP contribution in [0.15, 0.2) is 294 Å². The van der Waals surface area contributed by atoms with E-state index in [1.54, 1.807) is 12.4 Å². The molecule has 0 N–H and O–H groups in total. The standard InChI is InChI=1S/C20H16NO.C17H10NO.C15H16N.3C12H10N.4Ir/c1-13(2)14-7-5-8-15-16-9-6-10-17(20(16)22-19(14)15)18-11-3-4-12-21-18;1-2-10-16-12(6-1)13-7-5-8-14(17(13)19-16)15-9-3-4-11-18-15;1-15(2,3)13-9-10-16-14(11-13)12-7-5-4-6-8-12;2*1-10-6-5-9-12(13-10)11-7-3-2-4-8-11;1-10-7-8-12(13-9-10)11-5-3-2-4-6-11;;;;/h3-9,11-13H,1-2H3;1-7,9-11H;4-7,9-11H,1-3H3;2*2-7,9H,1H3;2-5,7-9H,1H3;;;;/q6*-1;;;;. The first kappa shape index (κ1) is 78.2. The monoisotopic (exact) mass is 2020 g/mol. The molecular formula is C88H72Ir4N6O2-6. The van der Waals surface area contributed by atoms with Gasteiger partial charge in [-0.25, -0.2) is 0 Å². The first-order valence-electron chi connectivity index (χ1n) is 32.0. The second-order valence-electron chi connectivity index (χ2n) is 24.0. The van der Waals surface area contributed by atoms with Gasteiger partial charge in [-0.3, -0.25) is 0 Å². The Labute approximate surface area is 641 Å². The Morgan fingerprint density at radius 1 is 0.340 bits per heavy atom. The molecule has 16 aromatic rings. The number of fused-ring (bicyclic) bond motifs is 6. The minimum absolute atomic E-state index is 0. The summed E-state index contributed by atoms with van der Waals surface area (Å²) in [6.07, 6.45) is 7.32. The van der Waals surface area contributed by atoms with Crippen molar-refractivity contribution in [1.29, 1.82) is 0 Å². The van der Waals surface area contributed by atoms with E-state index in [1.165, 1.54) is 16.7 Å². The molecular weight excluding hydrogens is 1940 g/mol. The Hall–Kier alpha value is -9.14. The van der Waals surface area contributed by atoms with Crippen molar-refractivity contribution in [2.75, 3.05) is 0 Å². The normalized spacial score (nSPS) is 10.4. The zero-order valence-corrected chi connectivity index (χ0v) is 66.1. The number of hydrogen-bond donors (Lipinski definition) is 0. The van der Waals surface area contributed by atoms with E-state index in [1.807, 2.05) is 245 Å². The third-order valence-corrected chi connectivity index (χ3v) is 15.5. The average molecular weight is 2010 g/mol. The molecule has 4 radical (unpaired) electrons. The minimum Gasteiger partial charge on any atom is -0.501 e. The van der Waals surface area contributed by atoms with Crippen molar-refractivity contribution in [2.45, 2.75) is 66.7 Å². The average Bonchev–Trinajstić information content (AvgIpc) is 1.80.